The molecule has 0 aliphatic heterocycles. The van der Waals surface area contributed by atoms with Crippen LogP contribution in [0, 0.1) is 5.82 Å². The van der Waals surface area contributed by atoms with Crippen molar-refractivity contribution in [2.75, 3.05) is 10.6 Å². The van der Waals surface area contributed by atoms with E-state index >= 15 is 0 Å². The zero-order chi connectivity index (χ0) is 17.2. The van der Waals surface area contributed by atoms with Crippen molar-refractivity contribution in [1.29, 1.82) is 0 Å². The van der Waals surface area contributed by atoms with Gasteiger partial charge in [-0.15, -0.1) is 0 Å². The molecule has 0 spiro atoms. The van der Waals surface area contributed by atoms with Crippen molar-refractivity contribution >= 4 is 39.2 Å². The van der Waals surface area contributed by atoms with Crippen LogP contribution in [0.4, 0.5) is 20.6 Å². The van der Waals surface area contributed by atoms with Crippen LogP contribution in [-0.4, -0.2) is 16.0 Å². The fourth-order valence-corrected chi connectivity index (χ4v) is 2.70. The maximum Gasteiger partial charge on any atom is 0.323 e. The third-order valence-electron chi connectivity index (χ3n) is 3.81. The maximum absolute atomic E-state index is 13.0. The molecule has 2 N–H and O–H groups in total. The van der Waals surface area contributed by atoms with Gasteiger partial charge >= 0.3 is 6.03 Å². The minimum Gasteiger partial charge on any atom is -0.308 e. The van der Waals surface area contributed by atoms with Crippen LogP contribution in [0.2, 0.25) is 0 Å². The van der Waals surface area contributed by atoms with Crippen LogP contribution in [0.1, 0.15) is 0 Å². The molecule has 2 heterocycles. The number of benzene rings is 2. The number of nitrogens with zero attached hydrogens (tertiary/aromatic N) is 2. The highest BCUT2D eigenvalue weighted by Gasteiger charge is 2.11. The van der Waals surface area contributed by atoms with Crippen LogP contribution >= 0.6 is 0 Å². The minimum atomic E-state index is -0.417. The van der Waals surface area contributed by atoms with Crippen molar-refractivity contribution < 1.29 is 9.18 Å². The van der Waals surface area contributed by atoms with Gasteiger partial charge in [0.05, 0.1) is 16.7 Å². The van der Waals surface area contributed by atoms with Gasteiger partial charge in [-0.2, -0.15) is 0 Å². The van der Waals surface area contributed by atoms with Crippen molar-refractivity contribution in [2.24, 2.45) is 0 Å². The van der Waals surface area contributed by atoms with Crippen LogP contribution in [0.15, 0.2) is 67.0 Å². The number of aromatic nitrogens is 2. The number of hydrogen-bond donors (Lipinski definition) is 2. The summed E-state index contributed by atoms with van der Waals surface area (Å²) in [7, 11) is 0. The first-order valence-corrected chi connectivity index (χ1v) is 7.67. The van der Waals surface area contributed by atoms with E-state index < -0.39 is 6.03 Å². The lowest BCUT2D eigenvalue weighted by atomic mass is 10.1. The van der Waals surface area contributed by atoms with Crippen molar-refractivity contribution in [1.82, 2.24) is 9.97 Å². The Kier molecular flexibility index (Phi) is 3.70. The van der Waals surface area contributed by atoms with Gasteiger partial charge in [-0.05, 0) is 48.5 Å². The van der Waals surface area contributed by atoms with Gasteiger partial charge in [0.15, 0.2) is 0 Å². The summed E-state index contributed by atoms with van der Waals surface area (Å²) in [6.45, 7) is 0. The van der Waals surface area contributed by atoms with Gasteiger partial charge in [-0.25, -0.2) is 9.18 Å². The zero-order valence-corrected chi connectivity index (χ0v) is 13.0. The molecule has 0 aliphatic carbocycles. The van der Waals surface area contributed by atoms with Crippen molar-refractivity contribution in [2.45, 2.75) is 0 Å². The van der Waals surface area contributed by atoms with Crippen molar-refractivity contribution in [3.05, 3.63) is 72.8 Å². The van der Waals surface area contributed by atoms with Crippen molar-refractivity contribution in [3.63, 3.8) is 0 Å². The molecule has 4 rings (SSSR count). The predicted octanol–water partition coefficient (Wildman–Crippen LogP) is 4.57. The third kappa shape index (κ3) is 2.97. The summed E-state index contributed by atoms with van der Waals surface area (Å²) in [6, 6.07) is 14.4. The number of urea groups is 1. The second-order valence-electron chi connectivity index (χ2n) is 5.48. The molecule has 0 aliphatic rings. The number of carbonyl (C=O) groups excluding carboxylic acids is 1. The molecule has 122 valence electrons. The second kappa shape index (κ2) is 6.16. The first-order valence-electron chi connectivity index (χ1n) is 7.67. The molecule has 0 saturated heterocycles. The molecule has 0 atom stereocenters. The summed E-state index contributed by atoms with van der Waals surface area (Å²) in [5.41, 5.74) is 2.63. The average molecular weight is 332 g/mol. The molecule has 25 heavy (non-hydrogen) atoms. The molecule has 2 aromatic carbocycles. The number of pyridine rings is 2. The number of carbonyl (C=O) groups is 1. The Bertz CT molecular complexity index is 1080. The largest absolute Gasteiger partial charge is 0.323 e. The minimum absolute atomic E-state index is 0.356. The SMILES string of the molecule is O=C(Nc1ccc(F)cc1)Nc1cc2cccnc2c2ncccc12. The first kappa shape index (κ1) is 15.0. The van der Waals surface area contributed by atoms with E-state index in [1.165, 1.54) is 24.3 Å². The van der Waals surface area contributed by atoms with E-state index in [1.54, 1.807) is 18.5 Å². The van der Waals surface area contributed by atoms with Gasteiger partial charge in [0.2, 0.25) is 0 Å². The Labute approximate surface area is 142 Å². The van der Waals surface area contributed by atoms with Crippen molar-refractivity contribution in [3.8, 4) is 0 Å². The molecule has 0 unspecified atom stereocenters. The lowest BCUT2D eigenvalue weighted by molar-refractivity contribution is 0.262. The van der Waals surface area contributed by atoms with E-state index in [4.69, 9.17) is 0 Å². The van der Waals surface area contributed by atoms with Gasteiger partial charge in [0.25, 0.3) is 0 Å². The number of amides is 2. The summed E-state index contributed by atoms with van der Waals surface area (Å²) >= 11 is 0. The Balaban J connectivity index is 1.70. The van der Waals surface area contributed by atoms with Crippen LogP contribution in [0.25, 0.3) is 21.8 Å². The van der Waals surface area contributed by atoms with E-state index in [0.717, 1.165) is 21.8 Å². The Hall–Kier alpha value is -3.54. The Morgan fingerprint density at radius 1 is 0.880 bits per heavy atom. The summed E-state index contributed by atoms with van der Waals surface area (Å²) in [5, 5.41) is 7.18. The highest BCUT2D eigenvalue weighted by Crippen LogP contribution is 2.29. The highest BCUT2D eigenvalue weighted by molar-refractivity contribution is 6.13. The number of fused-ring (bicyclic) bond motifs is 3. The Morgan fingerprint density at radius 3 is 2.40 bits per heavy atom. The van der Waals surface area contributed by atoms with E-state index in [1.807, 2.05) is 24.3 Å². The third-order valence-corrected chi connectivity index (χ3v) is 3.81. The smallest absolute Gasteiger partial charge is 0.308 e. The molecule has 5 nitrogen and oxygen atoms in total. The number of hydrogen-bond acceptors (Lipinski definition) is 3. The maximum atomic E-state index is 13.0. The van der Waals surface area contributed by atoms with E-state index in [2.05, 4.69) is 20.6 Å². The highest BCUT2D eigenvalue weighted by atomic mass is 19.1. The fraction of sp³-hybridized carbons (Fsp3) is 0. The molecule has 0 bridgehead atoms. The molecular weight excluding hydrogens is 319 g/mol. The molecule has 0 saturated carbocycles. The number of anilines is 2. The molecule has 2 amide bonds. The number of nitrogens with one attached hydrogen (secondary N) is 2. The molecule has 0 fully saturated rings. The molecule has 6 heteroatoms. The first-order chi connectivity index (χ1) is 12.2. The zero-order valence-electron chi connectivity index (χ0n) is 13.0. The van der Waals surface area contributed by atoms with Gasteiger partial charge < -0.3 is 10.6 Å². The standard InChI is InChI=1S/C19H13FN4O/c20-13-5-7-14(8-6-13)23-19(25)24-16-11-12-3-1-9-21-17(12)18-15(16)4-2-10-22-18/h1-11H,(H2,23,24,25). The second-order valence-corrected chi connectivity index (χ2v) is 5.48. The van der Waals surface area contributed by atoms with Crippen LogP contribution in [0.5, 0.6) is 0 Å². The predicted molar refractivity (Wildman–Crippen MR) is 96.1 cm³/mol. The molecule has 2 aromatic heterocycles. The topological polar surface area (TPSA) is 66.9 Å². The fourth-order valence-electron chi connectivity index (χ4n) is 2.70. The van der Waals surface area contributed by atoms with Crippen LogP contribution in [0.3, 0.4) is 0 Å². The summed E-state index contributed by atoms with van der Waals surface area (Å²) in [5.74, 6) is -0.356. The van der Waals surface area contributed by atoms with E-state index in [9.17, 15) is 9.18 Å². The van der Waals surface area contributed by atoms with Crippen LogP contribution < -0.4 is 10.6 Å². The molecule has 4 aromatic rings. The quantitative estimate of drug-likeness (QED) is 0.529. The summed E-state index contributed by atoms with van der Waals surface area (Å²) < 4.78 is 13.0. The number of rotatable bonds is 2. The van der Waals surface area contributed by atoms with E-state index in [0.29, 0.717) is 11.4 Å². The lowest BCUT2D eigenvalue weighted by Gasteiger charge is -2.11. The van der Waals surface area contributed by atoms with Crippen LogP contribution in [-0.2, 0) is 0 Å². The normalized spacial score (nSPS) is 10.8. The Morgan fingerprint density at radius 2 is 1.60 bits per heavy atom. The van der Waals surface area contributed by atoms with Gasteiger partial charge in [0.1, 0.15) is 5.82 Å². The summed E-state index contributed by atoms with van der Waals surface area (Å²) in [4.78, 5) is 21.1. The number of halogens is 1. The van der Waals surface area contributed by atoms with E-state index in [-0.39, 0.29) is 5.82 Å². The molecular formula is C19H13FN4O. The average Bonchev–Trinajstić information content (AvgIpc) is 2.64. The van der Waals surface area contributed by atoms with Gasteiger partial charge in [-0.3, -0.25) is 9.97 Å². The van der Waals surface area contributed by atoms with Gasteiger partial charge in [-0.1, -0.05) is 6.07 Å². The lowest BCUT2D eigenvalue weighted by Crippen LogP contribution is -2.19. The summed E-state index contributed by atoms with van der Waals surface area (Å²) in [6.07, 6.45) is 3.41. The molecule has 0 radical (unpaired) electrons. The monoisotopic (exact) mass is 332 g/mol. The van der Waals surface area contributed by atoms with Gasteiger partial charge in [0, 0.05) is 28.9 Å².